The van der Waals surface area contributed by atoms with E-state index in [4.69, 9.17) is 0 Å². The molecule has 16 heavy (non-hydrogen) atoms. The number of allylic oxidation sites excluding steroid dienone is 2. The van der Waals surface area contributed by atoms with Crippen molar-refractivity contribution in [3.8, 4) is 0 Å². The molecule has 1 fully saturated rings. The Bertz CT molecular complexity index is 267. The zero-order valence-electron chi connectivity index (χ0n) is 10.5. The first-order valence-corrected chi connectivity index (χ1v) is 7.00. The van der Waals surface area contributed by atoms with Gasteiger partial charge in [0.15, 0.2) is 0 Å². The van der Waals surface area contributed by atoms with Crippen molar-refractivity contribution in [1.82, 2.24) is 0 Å². The maximum atomic E-state index is 12.0. The van der Waals surface area contributed by atoms with Crippen molar-refractivity contribution in [2.45, 2.75) is 58.3 Å². The van der Waals surface area contributed by atoms with Gasteiger partial charge in [0, 0.05) is 12.3 Å². The second-order valence-electron chi connectivity index (χ2n) is 5.52. The van der Waals surface area contributed by atoms with E-state index in [1.807, 2.05) is 0 Å². The van der Waals surface area contributed by atoms with Crippen molar-refractivity contribution >= 4 is 5.78 Å². The summed E-state index contributed by atoms with van der Waals surface area (Å²) >= 11 is 0. The van der Waals surface area contributed by atoms with Gasteiger partial charge in [-0.15, -0.1) is 0 Å². The van der Waals surface area contributed by atoms with Crippen LogP contribution in [0.25, 0.3) is 0 Å². The topological polar surface area (TPSA) is 17.1 Å². The lowest BCUT2D eigenvalue weighted by atomic mass is 9.71. The Morgan fingerprint density at radius 1 is 1.38 bits per heavy atom. The first-order chi connectivity index (χ1) is 7.81. The van der Waals surface area contributed by atoms with Crippen LogP contribution in [0.15, 0.2) is 12.2 Å². The smallest absolute Gasteiger partial charge is 0.136 e. The molecule has 0 spiro atoms. The van der Waals surface area contributed by atoms with Gasteiger partial charge in [0.25, 0.3) is 0 Å². The standard InChI is InChI=1S/C15H24O/c1-2-6-12-9-10-15(16)14(11-12)13-7-4-3-5-8-13/h4,7,12-14H,2-3,5-6,8-11H2,1H3. The van der Waals surface area contributed by atoms with Gasteiger partial charge in [-0.1, -0.05) is 31.9 Å². The summed E-state index contributed by atoms with van der Waals surface area (Å²) in [7, 11) is 0. The van der Waals surface area contributed by atoms with Gasteiger partial charge in [-0.25, -0.2) is 0 Å². The zero-order valence-corrected chi connectivity index (χ0v) is 10.5. The summed E-state index contributed by atoms with van der Waals surface area (Å²) in [5, 5.41) is 0. The SMILES string of the molecule is CCCC1CCC(=O)C(C2C=CCCC2)C1. The van der Waals surface area contributed by atoms with E-state index >= 15 is 0 Å². The molecule has 0 aromatic heterocycles. The van der Waals surface area contributed by atoms with Gasteiger partial charge in [0.1, 0.15) is 5.78 Å². The van der Waals surface area contributed by atoms with Gasteiger partial charge >= 0.3 is 0 Å². The van der Waals surface area contributed by atoms with E-state index in [2.05, 4.69) is 19.1 Å². The number of hydrogen-bond donors (Lipinski definition) is 0. The van der Waals surface area contributed by atoms with Gasteiger partial charge < -0.3 is 0 Å². The summed E-state index contributed by atoms with van der Waals surface area (Å²) in [5.41, 5.74) is 0. The minimum atomic E-state index is 0.363. The van der Waals surface area contributed by atoms with Crippen LogP contribution >= 0.6 is 0 Å². The first kappa shape index (κ1) is 11.9. The number of carbonyl (C=O) groups excluding carboxylic acids is 1. The van der Waals surface area contributed by atoms with E-state index < -0.39 is 0 Å². The summed E-state index contributed by atoms with van der Waals surface area (Å²) in [4.78, 5) is 12.0. The summed E-state index contributed by atoms with van der Waals surface area (Å²) in [6.07, 6.45) is 14.1. The maximum Gasteiger partial charge on any atom is 0.136 e. The molecule has 0 saturated heterocycles. The van der Waals surface area contributed by atoms with Crippen LogP contribution in [0.3, 0.4) is 0 Å². The maximum absolute atomic E-state index is 12.0. The predicted octanol–water partition coefficient (Wildman–Crippen LogP) is 4.13. The molecule has 2 rings (SSSR count). The first-order valence-electron chi connectivity index (χ1n) is 7.00. The monoisotopic (exact) mass is 220 g/mol. The normalized spacial score (nSPS) is 35.3. The third-order valence-corrected chi connectivity index (χ3v) is 4.31. The zero-order chi connectivity index (χ0) is 11.4. The molecule has 0 radical (unpaired) electrons. The van der Waals surface area contributed by atoms with E-state index in [9.17, 15) is 4.79 Å². The van der Waals surface area contributed by atoms with Crippen LogP contribution in [0.4, 0.5) is 0 Å². The number of carbonyl (C=O) groups is 1. The average molecular weight is 220 g/mol. The van der Waals surface area contributed by atoms with Crippen molar-refractivity contribution in [2.24, 2.45) is 17.8 Å². The highest BCUT2D eigenvalue weighted by atomic mass is 16.1. The third-order valence-electron chi connectivity index (χ3n) is 4.31. The van der Waals surface area contributed by atoms with Crippen LogP contribution in [-0.4, -0.2) is 5.78 Å². The molecule has 0 aromatic rings. The third kappa shape index (κ3) is 2.75. The van der Waals surface area contributed by atoms with Crippen molar-refractivity contribution in [2.75, 3.05) is 0 Å². The van der Waals surface area contributed by atoms with Crippen LogP contribution in [0.1, 0.15) is 58.3 Å². The van der Waals surface area contributed by atoms with Gasteiger partial charge in [-0.3, -0.25) is 4.79 Å². The highest BCUT2D eigenvalue weighted by Gasteiger charge is 2.33. The van der Waals surface area contributed by atoms with E-state index in [0.717, 1.165) is 18.8 Å². The number of hydrogen-bond acceptors (Lipinski definition) is 1. The molecule has 0 aliphatic heterocycles. The van der Waals surface area contributed by atoms with Gasteiger partial charge in [0.05, 0.1) is 0 Å². The van der Waals surface area contributed by atoms with Crippen molar-refractivity contribution in [3.05, 3.63) is 12.2 Å². The van der Waals surface area contributed by atoms with Crippen LogP contribution in [-0.2, 0) is 4.79 Å². The molecule has 1 saturated carbocycles. The second kappa shape index (κ2) is 5.65. The molecule has 0 amide bonds. The molecular formula is C15H24O. The number of Topliss-reactive ketones (excluding diaryl/α,β-unsaturated/α-hetero) is 1. The summed E-state index contributed by atoms with van der Waals surface area (Å²) in [6, 6.07) is 0. The fourth-order valence-corrected chi connectivity index (χ4v) is 3.40. The Morgan fingerprint density at radius 2 is 2.25 bits per heavy atom. The summed E-state index contributed by atoms with van der Waals surface area (Å²) in [5.74, 6) is 2.30. The molecule has 0 bridgehead atoms. The quantitative estimate of drug-likeness (QED) is 0.654. The lowest BCUT2D eigenvalue weighted by Crippen LogP contribution is -2.30. The lowest BCUT2D eigenvalue weighted by Gasteiger charge is -2.33. The largest absolute Gasteiger partial charge is 0.299 e. The minimum absolute atomic E-state index is 0.363. The molecule has 90 valence electrons. The van der Waals surface area contributed by atoms with Crippen molar-refractivity contribution < 1.29 is 4.79 Å². The Kier molecular flexibility index (Phi) is 4.20. The second-order valence-corrected chi connectivity index (χ2v) is 5.52. The van der Waals surface area contributed by atoms with Gasteiger partial charge in [-0.05, 0) is 43.9 Å². The Balaban J connectivity index is 1.97. The molecule has 1 heteroatoms. The summed E-state index contributed by atoms with van der Waals surface area (Å²) < 4.78 is 0. The summed E-state index contributed by atoms with van der Waals surface area (Å²) in [6.45, 7) is 2.26. The van der Waals surface area contributed by atoms with E-state index in [-0.39, 0.29) is 0 Å². The predicted molar refractivity (Wildman–Crippen MR) is 67.2 cm³/mol. The van der Waals surface area contributed by atoms with Crippen molar-refractivity contribution in [1.29, 1.82) is 0 Å². The fourth-order valence-electron chi connectivity index (χ4n) is 3.40. The van der Waals surface area contributed by atoms with Crippen LogP contribution in [0.5, 0.6) is 0 Å². The van der Waals surface area contributed by atoms with E-state index in [0.29, 0.717) is 17.6 Å². The Morgan fingerprint density at radius 3 is 2.94 bits per heavy atom. The van der Waals surface area contributed by atoms with E-state index in [1.165, 1.54) is 38.5 Å². The van der Waals surface area contributed by atoms with Crippen molar-refractivity contribution in [3.63, 3.8) is 0 Å². The molecular weight excluding hydrogens is 196 g/mol. The average Bonchev–Trinajstić information content (AvgIpc) is 2.33. The number of rotatable bonds is 3. The Labute approximate surface area is 99.3 Å². The highest BCUT2D eigenvalue weighted by molar-refractivity contribution is 5.82. The van der Waals surface area contributed by atoms with E-state index in [1.54, 1.807) is 0 Å². The molecule has 0 heterocycles. The van der Waals surface area contributed by atoms with Gasteiger partial charge in [0.2, 0.25) is 0 Å². The van der Waals surface area contributed by atoms with Crippen LogP contribution in [0, 0.1) is 17.8 Å². The molecule has 2 aliphatic carbocycles. The van der Waals surface area contributed by atoms with Crippen LogP contribution in [0.2, 0.25) is 0 Å². The van der Waals surface area contributed by atoms with Gasteiger partial charge in [-0.2, -0.15) is 0 Å². The highest BCUT2D eigenvalue weighted by Crippen LogP contribution is 2.37. The fraction of sp³-hybridized carbons (Fsp3) is 0.800. The Hall–Kier alpha value is -0.590. The molecule has 0 aromatic carbocycles. The molecule has 1 nitrogen and oxygen atoms in total. The number of ketones is 1. The van der Waals surface area contributed by atoms with Crippen LogP contribution < -0.4 is 0 Å². The molecule has 3 unspecified atom stereocenters. The minimum Gasteiger partial charge on any atom is -0.299 e. The molecule has 0 N–H and O–H groups in total. The molecule has 3 atom stereocenters. The lowest BCUT2D eigenvalue weighted by molar-refractivity contribution is -0.127. The molecule has 2 aliphatic rings.